The number of ether oxygens (including phenoxy) is 2. The van der Waals surface area contributed by atoms with Crippen molar-refractivity contribution in [1.82, 2.24) is 5.32 Å². The Kier molecular flexibility index (Phi) is 6.73. The highest BCUT2D eigenvalue weighted by Gasteiger charge is 2.08. The first-order chi connectivity index (χ1) is 10.6. The molecule has 118 valence electrons. The van der Waals surface area contributed by atoms with Gasteiger partial charge in [0, 0.05) is 16.6 Å². The van der Waals surface area contributed by atoms with Gasteiger partial charge in [0.05, 0.1) is 18.7 Å². The number of hydrogen-bond donors (Lipinski definition) is 1. The molecule has 0 heterocycles. The molecule has 0 amide bonds. The van der Waals surface area contributed by atoms with E-state index >= 15 is 0 Å². The predicted octanol–water partition coefficient (Wildman–Crippen LogP) is 4.56. The Morgan fingerprint density at radius 1 is 1.00 bits per heavy atom. The molecule has 0 aliphatic heterocycles. The molecular formula is C17H19Br2NO2. The fraction of sp³-hybridized carbons (Fsp3) is 0.294. The van der Waals surface area contributed by atoms with Crippen molar-refractivity contribution in [1.29, 1.82) is 0 Å². The third-order valence-corrected chi connectivity index (χ3v) is 4.40. The smallest absolute Gasteiger partial charge is 0.137 e. The Morgan fingerprint density at radius 2 is 1.73 bits per heavy atom. The molecule has 0 saturated carbocycles. The van der Waals surface area contributed by atoms with Crippen molar-refractivity contribution in [2.45, 2.75) is 13.0 Å². The highest BCUT2D eigenvalue weighted by Crippen LogP contribution is 2.32. The summed E-state index contributed by atoms with van der Waals surface area (Å²) < 4.78 is 12.6. The Bertz CT molecular complexity index is 615. The molecule has 0 spiro atoms. The molecule has 1 N–H and O–H groups in total. The zero-order chi connectivity index (χ0) is 15.9. The molecule has 0 radical (unpaired) electrons. The zero-order valence-electron chi connectivity index (χ0n) is 12.7. The lowest BCUT2D eigenvalue weighted by atomic mass is 10.1. The quantitative estimate of drug-likeness (QED) is 0.655. The van der Waals surface area contributed by atoms with Crippen LogP contribution >= 0.6 is 31.9 Å². The Hall–Kier alpha value is -1.04. The van der Waals surface area contributed by atoms with Gasteiger partial charge in [-0.2, -0.15) is 0 Å². The van der Waals surface area contributed by atoms with Crippen LogP contribution in [0.3, 0.4) is 0 Å². The van der Waals surface area contributed by atoms with Crippen LogP contribution in [-0.2, 0) is 13.0 Å². The molecule has 0 bridgehead atoms. The zero-order valence-corrected chi connectivity index (χ0v) is 15.8. The molecule has 0 unspecified atom stereocenters. The number of rotatable bonds is 7. The maximum Gasteiger partial charge on any atom is 0.137 e. The largest absolute Gasteiger partial charge is 0.497 e. The van der Waals surface area contributed by atoms with Gasteiger partial charge in [-0.3, -0.25) is 0 Å². The van der Waals surface area contributed by atoms with E-state index in [1.54, 1.807) is 14.2 Å². The summed E-state index contributed by atoms with van der Waals surface area (Å²) in [5, 5.41) is 3.46. The lowest BCUT2D eigenvalue weighted by Gasteiger charge is -2.12. The maximum absolute atomic E-state index is 5.45. The van der Waals surface area contributed by atoms with E-state index < -0.39 is 0 Å². The molecule has 3 nitrogen and oxygen atoms in total. The van der Waals surface area contributed by atoms with Gasteiger partial charge in [-0.15, -0.1) is 0 Å². The summed E-state index contributed by atoms with van der Waals surface area (Å²) in [5.74, 6) is 1.76. The van der Waals surface area contributed by atoms with E-state index in [1.807, 2.05) is 18.2 Å². The molecule has 2 aromatic rings. The molecule has 0 atom stereocenters. The van der Waals surface area contributed by atoms with Crippen molar-refractivity contribution < 1.29 is 9.47 Å². The van der Waals surface area contributed by atoms with Crippen LogP contribution in [0.15, 0.2) is 45.3 Å². The first-order valence-electron chi connectivity index (χ1n) is 6.99. The normalized spacial score (nSPS) is 10.5. The van der Waals surface area contributed by atoms with E-state index in [-0.39, 0.29) is 0 Å². The average Bonchev–Trinajstić information content (AvgIpc) is 2.52. The van der Waals surface area contributed by atoms with Crippen molar-refractivity contribution in [3.05, 3.63) is 56.5 Å². The molecule has 0 saturated heterocycles. The van der Waals surface area contributed by atoms with Gasteiger partial charge in [-0.05, 0) is 58.7 Å². The average molecular weight is 429 g/mol. The molecule has 2 rings (SSSR count). The SMILES string of the molecule is COc1ccc(CCNCc2cc(Br)cc(Br)c2OC)cc1. The summed E-state index contributed by atoms with van der Waals surface area (Å²) in [7, 11) is 3.37. The van der Waals surface area contributed by atoms with Crippen LogP contribution in [0.5, 0.6) is 11.5 Å². The summed E-state index contributed by atoms with van der Waals surface area (Å²) in [6.07, 6.45) is 0.974. The van der Waals surface area contributed by atoms with Crippen LogP contribution < -0.4 is 14.8 Å². The van der Waals surface area contributed by atoms with Crippen molar-refractivity contribution >= 4 is 31.9 Å². The molecule has 0 fully saturated rings. The summed E-state index contributed by atoms with van der Waals surface area (Å²) >= 11 is 7.03. The van der Waals surface area contributed by atoms with Crippen LogP contribution in [0.1, 0.15) is 11.1 Å². The summed E-state index contributed by atoms with van der Waals surface area (Å²) in [5.41, 5.74) is 2.41. The molecule has 0 aliphatic rings. The summed E-state index contributed by atoms with van der Waals surface area (Å²) in [4.78, 5) is 0. The van der Waals surface area contributed by atoms with Crippen LogP contribution in [-0.4, -0.2) is 20.8 Å². The highest BCUT2D eigenvalue weighted by atomic mass is 79.9. The number of halogens is 2. The predicted molar refractivity (Wildman–Crippen MR) is 96.8 cm³/mol. The van der Waals surface area contributed by atoms with Crippen LogP contribution in [0.4, 0.5) is 0 Å². The van der Waals surface area contributed by atoms with E-state index in [2.05, 4.69) is 55.4 Å². The summed E-state index contributed by atoms with van der Waals surface area (Å²) in [6.45, 7) is 1.66. The van der Waals surface area contributed by atoms with Gasteiger partial charge in [0.15, 0.2) is 0 Å². The van der Waals surface area contributed by atoms with E-state index in [4.69, 9.17) is 9.47 Å². The van der Waals surface area contributed by atoms with Crippen molar-refractivity contribution in [2.24, 2.45) is 0 Å². The second-order valence-corrected chi connectivity index (χ2v) is 6.62. The second kappa shape index (κ2) is 8.56. The number of benzene rings is 2. The van der Waals surface area contributed by atoms with Gasteiger partial charge in [0.2, 0.25) is 0 Å². The number of nitrogens with one attached hydrogen (secondary N) is 1. The molecule has 22 heavy (non-hydrogen) atoms. The third kappa shape index (κ3) is 4.73. The Balaban J connectivity index is 1.88. The first-order valence-corrected chi connectivity index (χ1v) is 8.58. The van der Waals surface area contributed by atoms with Gasteiger partial charge in [0.25, 0.3) is 0 Å². The standard InChI is InChI=1S/C17H19Br2NO2/c1-21-15-5-3-12(4-6-15)7-8-20-11-13-9-14(18)10-16(19)17(13)22-2/h3-6,9-10,20H,7-8,11H2,1-2H3. The number of hydrogen-bond acceptors (Lipinski definition) is 3. The first kappa shape index (κ1) is 17.3. The monoisotopic (exact) mass is 427 g/mol. The minimum atomic E-state index is 0.761. The van der Waals surface area contributed by atoms with E-state index in [0.29, 0.717) is 0 Å². The van der Waals surface area contributed by atoms with Gasteiger partial charge in [-0.1, -0.05) is 28.1 Å². The van der Waals surface area contributed by atoms with Gasteiger partial charge in [-0.25, -0.2) is 0 Å². The fourth-order valence-corrected chi connectivity index (χ4v) is 3.70. The molecule has 5 heteroatoms. The molecular weight excluding hydrogens is 410 g/mol. The second-order valence-electron chi connectivity index (χ2n) is 4.85. The fourth-order valence-electron chi connectivity index (χ4n) is 2.22. The number of methoxy groups -OCH3 is 2. The van der Waals surface area contributed by atoms with Crippen molar-refractivity contribution in [2.75, 3.05) is 20.8 Å². The minimum absolute atomic E-state index is 0.761. The van der Waals surface area contributed by atoms with Crippen LogP contribution in [0, 0.1) is 0 Å². The third-order valence-electron chi connectivity index (χ3n) is 3.35. The van der Waals surface area contributed by atoms with E-state index in [9.17, 15) is 0 Å². The lowest BCUT2D eigenvalue weighted by molar-refractivity contribution is 0.405. The lowest BCUT2D eigenvalue weighted by Crippen LogP contribution is -2.17. The Morgan fingerprint density at radius 3 is 2.36 bits per heavy atom. The van der Waals surface area contributed by atoms with Crippen molar-refractivity contribution in [3.8, 4) is 11.5 Å². The van der Waals surface area contributed by atoms with Gasteiger partial charge < -0.3 is 14.8 Å². The highest BCUT2D eigenvalue weighted by molar-refractivity contribution is 9.11. The van der Waals surface area contributed by atoms with Crippen LogP contribution in [0.2, 0.25) is 0 Å². The van der Waals surface area contributed by atoms with Gasteiger partial charge in [0.1, 0.15) is 11.5 Å². The topological polar surface area (TPSA) is 30.5 Å². The van der Waals surface area contributed by atoms with Crippen molar-refractivity contribution in [3.63, 3.8) is 0 Å². The Labute approximate surface area is 148 Å². The molecule has 0 aromatic heterocycles. The van der Waals surface area contributed by atoms with E-state index in [1.165, 1.54) is 5.56 Å². The van der Waals surface area contributed by atoms with E-state index in [0.717, 1.165) is 45.5 Å². The molecule has 2 aromatic carbocycles. The maximum atomic E-state index is 5.45. The van der Waals surface area contributed by atoms with Crippen LogP contribution in [0.25, 0.3) is 0 Å². The minimum Gasteiger partial charge on any atom is -0.497 e. The molecule has 0 aliphatic carbocycles. The van der Waals surface area contributed by atoms with Gasteiger partial charge >= 0.3 is 0 Å². The summed E-state index contributed by atoms with van der Waals surface area (Å²) in [6, 6.07) is 12.2.